The van der Waals surface area contributed by atoms with Crippen LogP contribution in [-0.2, 0) is 16.5 Å². The van der Waals surface area contributed by atoms with Crippen LogP contribution in [0.1, 0.15) is 23.6 Å². The monoisotopic (exact) mass is 381 g/mol. The maximum Gasteiger partial charge on any atom is 0.392 e. The fraction of sp³-hybridized carbons (Fsp3) is 0.389. The van der Waals surface area contributed by atoms with Crippen LogP contribution in [0, 0.1) is 5.92 Å². The van der Waals surface area contributed by atoms with Gasteiger partial charge in [0.15, 0.2) is 0 Å². The van der Waals surface area contributed by atoms with E-state index in [-0.39, 0.29) is 29.5 Å². The molecule has 3 rings (SSSR count). The summed E-state index contributed by atoms with van der Waals surface area (Å²) in [6.45, 7) is 3.82. The highest BCUT2D eigenvalue weighted by Gasteiger charge is 2.57. The first kappa shape index (κ1) is 18.9. The van der Waals surface area contributed by atoms with Gasteiger partial charge in [0.1, 0.15) is 0 Å². The van der Waals surface area contributed by atoms with Gasteiger partial charge in [0.2, 0.25) is 11.8 Å². The molecule has 1 fully saturated rings. The molecule has 9 heteroatoms. The smallest absolute Gasteiger partial charge is 0.392 e. The maximum absolute atomic E-state index is 13.0. The van der Waals surface area contributed by atoms with Gasteiger partial charge in [0.25, 0.3) is 5.56 Å². The molecule has 6 nitrogen and oxygen atoms in total. The molecule has 0 saturated heterocycles. The van der Waals surface area contributed by atoms with Gasteiger partial charge in [-0.3, -0.25) is 4.79 Å². The number of nitrogens with zero attached hydrogens (tertiary/aromatic N) is 3. The van der Waals surface area contributed by atoms with Crippen LogP contribution in [0.3, 0.4) is 0 Å². The van der Waals surface area contributed by atoms with Crippen LogP contribution >= 0.6 is 0 Å². The summed E-state index contributed by atoms with van der Waals surface area (Å²) in [6.07, 6.45) is -1.17. The van der Waals surface area contributed by atoms with Crippen LogP contribution in [0.5, 0.6) is 0 Å². The molecule has 0 N–H and O–H groups in total. The minimum absolute atomic E-state index is 0.0835. The van der Waals surface area contributed by atoms with Crippen molar-refractivity contribution in [2.75, 3.05) is 14.2 Å². The van der Waals surface area contributed by atoms with Crippen molar-refractivity contribution in [3.63, 3.8) is 0 Å². The normalized spacial score (nSPS) is 22.4. The molecule has 1 aromatic heterocycles. The Morgan fingerprint density at radius 1 is 1.26 bits per heavy atom. The Morgan fingerprint density at radius 3 is 2.52 bits per heavy atom. The van der Waals surface area contributed by atoms with E-state index in [2.05, 4.69) is 16.7 Å². The average Bonchev–Trinajstić information content (AvgIpc) is 3.41. The second-order valence-electron chi connectivity index (χ2n) is 6.31. The largest absolute Gasteiger partial charge is 0.480 e. The zero-order valence-corrected chi connectivity index (χ0v) is 15.0. The van der Waals surface area contributed by atoms with Crippen LogP contribution in [-0.4, -0.2) is 36.1 Å². The maximum atomic E-state index is 13.0. The topological polar surface area (TPSA) is 65.7 Å². The summed E-state index contributed by atoms with van der Waals surface area (Å²) >= 11 is 0. The van der Waals surface area contributed by atoms with E-state index in [1.165, 1.54) is 27.3 Å². The third kappa shape index (κ3) is 3.54. The minimum Gasteiger partial charge on any atom is -0.480 e. The van der Waals surface area contributed by atoms with E-state index in [9.17, 15) is 18.0 Å². The summed E-state index contributed by atoms with van der Waals surface area (Å²) < 4.78 is 50.3. The zero-order chi connectivity index (χ0) is 19.9. The molecule has 2 atom stereocenters. The fourth-order valence-corrected chi connectivity index (χ4v) is 3.01. The predicted octanol–water partition coefficient (Wildman–Crippen LogP) is 2.93. The van der Waals surface area contributed by atoms with Crippen LogP contribution in [0.4, 0.5) is 13.2 Å². The summed E-state index contributed by atoms with van der Waals surface area (Å²) in [7, 11) is 4.23. The highest BCUT2D eigenvalue weighted by Crippen LogP contribution is 2.55. The summed E-state index contributed by atoms with van der Waals surface area (Å²) in [5.74, 6) is -1.97. The van der Waals surface area contributed by atoms with E-state index in [0.29, 0.717) is 11.1 Å². The minimum atomic E-state index is -4.33. The van der Waals surface area contributed by atoms with Gasteiger partial charge in [-0.25, -0.2) is 4.68 Å². The van der Waals surface area contributed by atoms with Crippen molar-refractivity contribution in [2.45, 2.75) is 18.5 Å². The number of methoxy groups -OCH3 is 2. The van der Waals surface area contributed by atoms with E-state index in [1.807, 2.05) is 0 Å². The molecule has 1 aromatic rings. The van der Waals surface area contributed by atoms with Gasteiger partial charge in [0.05, 0.1) is 31.4 Å². The molecule has 27 heavy (non-hydrogen) atoms. The van der Waals surface area contributed by atoms with E-state index >= 15 is 0 Å². The fourth-order valence-electron chi connectivity index (χ4n) is 3.01. The average molecular weight is 381 g/mol. The number of hydrogen-bond acceptors (Lipinski definition) is 5. The van der Waals surface area contributed by atoms with Gasteiger partial charge >= 0.3 is 6.18 Å². The molecule has 1 aliphatic heterocycles. The highest BCUT2D eigenvalue weighted by molar-refractivity contribution is 5.98. The first-order valence-electron chi connectivity index (χ1n) is 8.11. The number of rotatable bonds is 3. The molecule has 0 bridgehead atoms. The third-order valence-electron chi connectivity index (χ3n) is 4.52. The summed E-state index contributed by atoms with van der Waals surface area (Å²) in [5, 5.41) is 4.16. The number of halogens is 3. The number of aromatic nitrogens is 2. The second kappa shape index (κ2) is 6.71. The van der Waals surface area contributed by atoms with E-state index in [1.54, 1.807) is 12.2 Å². The molecule has 1 saturated carbocycles. The Morgan fingerprint density at radius 2 is 1.96 bits per heavy atom. The molecule has 1 aliphatic carbocycles. The number of hydrogen-bond donors (Lipinski definition) is 0. The van der Waals surface area contributed by atoms with Crippen molar-refractivity contribution in [3.8, 4) is 0 Å². The van der Waals surface area contributed by atoms with Gasteiger partial charge in [-0.05, 0) is 24.6 Å². The van der Waals surface area contributed by atoms with Crippen molar-refractivity contribution in [3.05, 3.63) is 57.9 Å². The molecule has 2 unspecified atom stereocenters. The van der Waals surface area contributed by atoms with E-state index in [4.69, 9.17) is 9.47 Å². The van der Waals surface area contributed by atoms with Crippen LogP contribution in [0.15, 0.2) is 46.0 Å². The Hall–Kier alpha value is -2.84. The van der Waals surface area contributed by atoms with Crippen molar-refractivity contribution < 1.29 is 22.6 Å². The lowest BCUT2D eigenvalue weighted by molar-refractivity contribution is -0.148. The van der Waals surface area contributed by atoms with Gasteiger partial charge in [0, 0.05) is 24.1 Å². The van der Waals surface area contributed by atoms with Gasteiger partial charge < -0.3 is 9.47 Å². The second-order valence-corrected chi connectivity index (χ2v) is 6.31. The summed E-state index contributed by atoms with van der Waals surface area (Å²) in [6, 6.07) is 1.38. The van der Waals surface area contributed by atoms with Crippen molar-refractivity contribution in [1.29, 1.82) is 0 Å². The highest BCUT2D eigenvalue weighted by atomic mass is 19.4. The van der Waals surface area contributed by atoms with Crippen molar-refractivity contribution >= 4 is 11.5 Å². The molecule has 0 aromatic carbocycles. The number of aryl methyl sites for hydroxylation is 1. The Labute approximate surface area is 153 Å². The number of ether oxygens (including phenoxy) is 2. The van der Waals surface area contributed by atoms with Gasteiger partial charge in [-0.15, -0.1) is 0 Å². The quantitative estimate of drug-likeness (QED) is 0.808. The third-order valence-corrected chi connectivity index (χ3v) is 4.52. The lowest BCUT2D eigenvalue weighted by Crippen LogP contribution is -2.25. The van der Waals surface area contributed by atoms with Crippen LogP contribution in [0.25, 0.3) is 5.57 Å². The number of alkyl halides is 3. The first-order valence-corrected chi connectivity index (χ1v) is 8.11. The van der Waals surface area contributed by atoms with Crippen LogP contribution in [0.2, 0.25) is 0 Å². The van der Waals surface area contributed by atoms with Gasteiger partial charge in [-0.2, -0.15) is 23.3 Å². The lowest BCUT2D eigenvalue weighted by atomic mass is 10.1. The Bertz CT molecular complexity index is 941. The summed E-state index contributed by atoms with van der Waals surface area (Å²) in [4.78, 5) is 16.6. The number of aliphatic imine (C=N–C) groups is 1. The molecule has 144 valence electrons. The SMILES string of the molecule is C=C1C=CC(c2cc(C3CC3C(F)(F)F)c(=O)n(C)n2)=C(OC)N=C1OC. The van der Waals surface area contributed by atoms with Crippen molar-refractivity contribution in [2.24, 2.45) is 18.0 Å². The first-order chi connectivity index (χ1) is 12.7. The number of allylic oxidation sites excluding steroid dienone is 2. The van der Waals surface area contributed by atoms with Gasteiger partial charge in [-0.1, -0.05) is 6.58 Å². The standard InChI is InChI=1S/C18H18F3N3O3/c1-9-5-6-10(16(27-4)22-15(9)26-3)14-8-12(17(25)24(2)23-14)11-7-13(11)18(19,20)21/h5-6,8,11,13H,1,7H2,2-4H3. The molecule has 0 spiro atoms. The summed E-state index contributed by atoms with van der Waals surface area (Å²) in [5.41, 5.74) is 0.721. The Kier molecular flexibility index (Phi) is 4.71. The molecule has 0 amide bonds. The molecule has 2 aliphatic rings. The molecule has 0 radical (unpaired) electrons. The van der Waals surface area contributed by atoms with Crippen LogP contribution < -0.4 is 5.56 Å². The zero-order valence-electron chi connectivity index (χ0n) is 15.0. The Balaban J connectivity index is 2.11. The molecular weight excluding hydrogens is 363 g/mol. The lowest BCUT2D eigenvalue weighted by Gasteiger charge is -2.11. The molecular formula is C18H18F3N3O3. The van der Waals surface area contributed by atoms with E-state index in [0.717, 1.165) is 4.68 Å². The molecule has 2 heterocycles. The van der Waals surface area contributed by atoms with E-state index < -0.39 is 23.6 Å². The van der Waals surface area contributed by atoms with Crippen molar-refractivity contribution in [1.82, 2.24) is 9.78 Å². The predicted molar refractivity (Wildman–Crippen MR) is 93.0 cm³/mol.